The first-order valence-corrected chi connectivity index (χ1v) is 9.46. The van der Waals surface area contributed by atoms with Gasteiger partial charge in [0, 0.05) is 26.2 Å². The molecule has 0 unspecified atom stereocenters. The number of fused-ring (bicyclic) bond motifs is 1. The molecule has 0 amide bonds. The second kappa shape index (κ2) is 8.25. The Kier molecular flexibility index (Phi) is 5.35. The van der Waals surface area contributed by atoms with Crippen LogP contribution in [0.25, 0.3) is 0 Å². The highest BCUT2D eigenvalue weighted by atomic mass is 19.1. The van der Waals surface area contributed by atoms with Crippen LogP contribution in [0.5, 0.6) is 17.4 Å². The van der Waals surface area contributed by atoms with Gasteiger partial charge in [-0.2, -0.15) is 10.2 Å². The molecule has 0 atom stereocenters. The number of hydrogen-bond acceptors (Lipinski definition) is 6. The van der Waals surface area contributed by atoms with E-state index in [0.29, 0.717) is 23.6 Å². The van der Waals surface area contributed by atoms with Gasteiger partial charge < -0.3 is 14.4 Å². The van der Waals surface area contributed by atoms with Gasteiger partial charge in [0.05, 0.1) is 5.56 Å². The molecule has 1 aliphatic heterocycles. The van der Waals surface area contributed by atoms with E-state index in [0.717, 1.165) is 24.3 Å². The van der Waals surface area contributed by atoms with Crippen molar-refractivity contribution in [1.82, 2.24) is 9.55 Å². The summed E-state index contributed by atoms with van der Waals surface area (Å²) in [5, 5.41) is 9.46. The van der Waals surface area contributed by atoms with E-state index in [-0.39, 0.29) is 24.0 Å². The van der Waals surface area contributed by atoms with E-state index >= 15 is 0 Å². The Morgan fingerprint density at radius 3 is 2.73 bits per heavy atom. The lowest BCUT2D eigenvalue weighted by Crippen LogP contribution is -2.36. The lowest BCUT2D eigenvalue weighted by molar-refractivity contribution is 0.290. The van der Waals surface area contributed by atoms with Crippen LogP contribution >= 0.6 is 0 Å². The molecule has 2 heterocycles. The fraction of sp³-hybridized carbons (Fsp3) is 0.227. The van der Waals surface area contributed by atoms with Crippen molar-refractivity contribution in [1.29, 1.82) is 5.26 Å². The Morgan fingerprint density at radius 2 is 1.97 bits per heavy atom. The molecule has 1 aliphatic rings. The molecular formula is C22H19FN4O3. The van der Waals surface area contributed by atoms with Crippen LogP contribution in [-0.2, 0) is 13.2 Å². The normalized spacial score (nSPS) is 12.8. The second-order valence-corrected chi connectivity index (χ2v) is 6.95. The van der Waals surface area contributed by atoms with Crippen molar-refractivity contribution in [3.63, 3.8) is 0 Å². The maximum absolute atomic E-state index is 13.0. The van der Waals surface area contributed by atoms with Crippen molar-refractivity contribution < 1.29 is 13.9 Å². The summed E-state index contributed by atoms with van der Waals surface area (Å²) < 4.78 is 26.1. The molecule has 0 bridgehead atoms. The maximum atomic E-state index is 13.0. The summed E-state index contributed by atoms with van der Waals surface area (Å²) in [4.78, 5) is 18.2. The number of aromatic nitrogens is 2. The molecule has 0 saturated heterocycles. The second-order valence-electron chi connectivity index (χ2n) is 6.95. The van der Waals surface area contributed by atoms with Crippen molar-refractivity contribution in [3.05, 3.63) is 76.0 Å². The van der Waals surface area contributed by atoms with Crippen LogP contribution in [0.1, 0.15) is 17.5 Å². The summed E-state index contributed by atoms with van der Waals surface area (Å²) >= 11 is 0. The molecule has 0 spiro atoms. The highest BCUT2D eigenvalue weighted by Crippen LogP contribution is 2.27. The van der Waals surface area contributed by atoms with Gasteiger partial charge >= 0.3 is 5.69 Å². The number of benzene rings is 2. The Morgan fingerprint density at radius 1 is 1.17 bits per heavy atom. The van der Waals surface area contributed by atoms with Crippen molar-refractivity contribution in [2.75, 3.05) is 18.5 Å². The van der Waals surface area contributed by atoms with Gasteiger partial charge in [-0.25, -0.2) is 9.18 Å². The molecule has 8 heteroatoms. The number of hydrogen-bond donors (Lipinski definition) is 0. The average Bonchev–Trinajstić information content (AvgIpc) is 2.75. The first-order valence-electron chi connectivity index (χ1n) is 9.46. The van der Waals surface area contributed by atoms with Crippen molar-refractivity contribution in [2.24, 2.45) is 0 Å². The Bertz CT molecular complexity index is 1170. The fourth-order valence-corrected chi connectivity index (χ4v) is 3.28. The monoisotopic (exact) mass is 406 g/mol. The van der Waals surface area contributed by atoms with E-state index in [1.54, 1.807) is 28.8 Å². The van der Waals surface area contributed by atoms with Gasteiger partial charge in [0.25, 0.3) is 0 Å². The molecule has 0 N–H and O–H groups in total. The predicted octanol–water partition coefficient (Wildman–Crippen LogP) is 3.47. The lowest BCUT2D eigenvalue weighted by Gasteiger charge is -2.28. The SMILES string of the molecule is CN1CCCn2c1cc(OCc1ccc(Oc3ccc(F)cc3)c(C#N)c1)nc2=O. The van der Waals surface area contributed by atoms with E-state index in [2.05, 4.69) is 11.1 Å². The molecular weight excluding hydrogens is 387 g/mol. The number of anilines is 1. The molecule has 1 aromatic heterocycles. The fourth-order valence-electron chi connectivity index (χ4n) is 3.28. The number of halogens is 1. The zero-order chi connectivity index (χ0) is 21.1. The molecule has 0 aliphatic carbocycles. The largest absolute Gasteiger partial charge is 0.473 e. The summed E-state index contributed by atoms with van der Waals surface area (Å²) in [6, 6.07) is 14.5. The topological polar surface area (TPSA) is 80.4 Å². The van der Waals surface area contributed by atoms with Gasteiger partial charge in [0.2, 0.25) is 5.88 Å². The highest BCUT2D eigenvalue weighted by Gasteiger charge is 2.17. The van der Waals surface area contributed by atoms with Gasteiger partial charge in [-0.15, -0.1) is 0 Å². The average molecular weight is 406 g/mol. The summed E-state index contributed by atoms with van der Waals surface area (Å²) in [5.41, 5.74) is 0.708. The van der Waals surface area contributed by atoms with Gasteiger partial charge in [0.1, 0.15) is 35.8 Å². The minimum atomic E-state index is -0.364. The highest BCUT2D eigenvalue weighted by molar-refractivity contribution is 5.47. The van der Waals surface area contributed by atoms with Crippen LogP contribution in [0.15, 0.2) is 53.3 Å². The molecule has 0 fully saturated rings. The van der Waals surface area contributed by atoms with Crippen LogP contribution in [0.2, 0.25) is 0 Å². The maximum Gasteiger partial charge on any atom is 0.352 e. The third-order valence-corrected chi connectivity index (χ3v) is 4.82. The lowest BCUT2D eigenvalue weighted by atomic mass is 10.1. The van der Waals surface area contributed by atoms with Gasteiger partial charge in [-0.05, 0) is 48.4 Å². The van der Waals surface area contributed by atoms with Crippen LogP contribution in [0, 0.1) is 17.1 Å². The smallest absolute Gasteiger partial charge is 0.352 e. The standard InChI is InChI=1S/C22H19FN4O3/c1-26-9-2-10-27-21(26)12-20(25-22(27)28)29-14-15-3-8-19(16(11-15)13-24)30-18-6-4-17(23)5-7-18/h3-8,11-12H,2,9-10,14H2,1H3. The van der Waals surface area contributed by atoms with E-state index in [1.165, 1.54) is 24.3 Å². The van der Waals surface area contributed by atoms with Gasteiger partial charge in [-0.3, -0.25) is 4.57 Å². The predicted molar refractivity (Wildman–Crippen MR) is 108 cm³/mol. The molecule has 7 nitrogen and oxygen atoms in total. The van der Waals surface area contributed by atoms with E-state index < -0.39 is 0 Å². The van der Waals surface area contributed by atoms with E-state index in [4.69, 9.17) is 9.47 Å². The Hall–Kier alpha value is -3.86. The summed E-state index contributed by atoms with van der Waals surface area (Å²) in [5.74, 6) is 1.44. The number of nitrogens with zero attached hydrogens (tertiary/aromatic N) is 4. The first kappa shape index (κ1) is 19.5. The molecule has 0 radical (unpaired) electrons. The van der Waals surface area contributed by atoms with E-state index in [9.17, 15) is 14.4 Å². The third kappa shape index (κ3) is 4.10. The number of nitriles is 1. The zero-order valence-corrected chi connectivity index (χ0v) is 16.3. The molecule has 152 valence electrons. The van der Waals surface area contributed by atoms with Crippen molar-refractivity contribution >= 4 is 5.82 Å². The number of rotatable bonds is 5. The van der Waals surface area contributed by atoms with Gasteiger partial charge in [-0.1, -0.05) is 6.07 Å². The first-order chi connectivity index (χ1) is 14.5. The molecule has 0 saturated carbocycles. The van der Waals surface area contributed by atoms with Gasteiger partial charge in [0.15, 0.2) is 0 Å². The summed E-state index contributed by atoms with van der Waals surface area (Å²) in [6.45, 7) is 1.65. The molecule has 3 aromatic rings. The Balaban J connectivity index is 1.50. The van der Waals surface area contributed by atoms with E-state index in [1.807, 2.05) is 11.9 Å². The third-order valence-electron chi connectivity index (χ3n) is 4.82. The number of ether oxygens (including phenoxy) is 2. The quantitative estimate of drug-likeness (QED) is 0.646. The van der Waals surface area contributed by atoms with Crippen LogP contribution in [0.4, 0.5) is 10.2 Å². The summed E-state index contributed by atoms with van der Waals surface area (Å²) in [6.07, 6.45) is 0.897. The minimum Gasteiger partial charge on any atom is -0.473 e. The minimum absolute atomic E-state index is 0.144. The summed E-state index contributed by atoms with van der Waals surface area (Å²) in [7, 11) is 1.92. The Labute approximate surface area is 172 Å². The van der Waals surface area contributed by atoms with Crippen LogP contribution in [0.3, 0.4) is 0 Å². The van der Waals surface area contributed by atoms with Crippen LogP contribution in [-0.4, -0.2) is 23.1 Å². The van der Waals surface area contributed by atoms with Crippen molar-refractivity contribution in [3.8, 4) is 23.4 Å². The molecule has 2 aromatic carbocycles. The van der Waals surface area contributed by atoms with Crippen LogP contribution < -0.4 is 20.1 Å². The molecule has 30 heavy (non-hydrogen) atoms. The zero-order valence-electron chi connectivity index (χ0n) is 16.3. The van der Waals surface area contributed by atoms with Crippen molar-refractivity contribution in [2.45, 2.75) is 19.6 Å². The molecule has 4 rings (SSSR count).